The van der Waals surface area contributed by atoms with E-state index >= 15 is 0 Å². The fourth-order valence-electron chi connectivity index (χ4n) is 3.82. The van der Waals surface area contributed by atoms with Crippen LogP contribution in [0.5, 0.6) is 0 Å². The molecule has 3 aromatic rings. The molecule has 1 saturated heterocycles. The van der Waals surface area contributed by atoms with E-state index in [2.05, 4.69) is 37.1 Å². The fourth-order valence-corrected chi connectivity index (χ4v) is 3.82. The first-order valence-corrected chi connectivity index (χ1v) is 9.78. The van der Waals surface area contributed by atoms with E-state index in [-0.39, 0.29) is 5.82 Å². The minimum absolute atomic E-state index is 0.266. The third-order valence-electron chi connectivity index (χ3n) is 5.38. The number of likely N-dealkylation sites (N-methyl/N-ethyl adjacent to an activating group) is 1. The number of carbonyl (C=O) groups excluding carboxylic acids is 1. The number of nitrogens with zero attached hydrogens (tertiary/aromatic N) is 5. The first kappa shape index (κ1) is 19.8. The summed E-state index contributed by atoms with van der Waals surface area (Å²) in [6.07, 6.45) is 6.65. The predicted octanol–water partition coefficient (Wildman–Crippen LogP) is 3.27. The van der Waals surface area contributed by atoms with Gasteiger partial charge in [0.25, 0.3) is 0 Å². The van der Waals surface area contributed by atoms with Crippen LogP contribution in [-0.4, -0.2) is 47.5 Å². The highest BCUT2D eigenvalue weighted by molar-refractivity contribution is 5.76. The maximum Gasteiger partial charge on any atom is 0.211 e. The summed E-state index contributed by atoms with van der Waals surface area (Å²) in [6, 6.07) is 9.32. The highest BCUT2D eigenvalue weighted by atomic mass is 19.1. The summed E-state index contributed by atoms with van der Waals surface area (Å²) in [5.74, 6) is 0.618. The molecule has 0 aromatic carbocycles. The van der Waals surface area contributed by atoms with Crippen LogP contribution in [0.3, 0.4) is 0 Å². The van der Waals surface area contributed by atoms with Crippen molar-refractivity contribution < 1.29 is 9.18 Å². The first-order valence-electron chi connectivity index (χ1n) is 9.78. The molecule has 0 radical (unpaired) electrons. The third kappa shape index (κ3) is 3.94. The fraction of sp³-hybridized carbons (Fsp3) is 0.273. The molecular formula is C22H23FN6O. The number of aromatic nitrogens is 3. The van der Waals surface area contributed by atoms with Gasteiger partial charge in [-0.05, 0) is 37.6 Å². The number of hydrogen-bond donors (Lipinski definition) is 1. The molecule has 5 heterocycles. The van der Waals surface area contributed by atoms with E-state index in [4.69, 9.17) is 0 Å². The van der Waals surface area contributed by atoms with Crippen LogP contribution < -0.4 is 15.1 Å². The predicted molar refractivity (Wildman–Crippen MR) is 115 cm³/mol. The molecule has 1 fully saturated rings. The van der Waals surface area contributed by atoms with Crippen LogP contribution in [-0.2, 0) is 4.79 Å². The Morgan fingerprint density at radius 2 is 2.13 bits per heavy atom. The molecule has 2 aliphatic rings. The Bertz CT molecular complexity index is 1050. The number of rotatable bonds is 3. The lowest BCUT2D eigenvalue weighted by Gasteiger charge is -2.35. The number of amides is 1. The number of hydrogen-bond acceptors (Lipinski definition) is 6. The number of aryl methyl sites for hydroxylation is 1. The second-order valence-electron chi connectivity index (χ2n) is 7.35. The van der Waals surface area contributed by atoms with Crippen LogP contribution in [0.15, 0.2) is 48.9 Å². The van der Waals surface area contributed by atoms with Gasteiger partial charge < -0.3 is 15.1 Å². The Morgan fingerprint density at radius 3 is 2.87 bits per heavy atom. The van der Waals surface area contributed by atoms with Crippen molar-refractivity contribution in [2.24, 2.45) is 0 Å². The van der Waals surface area contributed by atoms with Crippen LogP contribution in [0, 0.1) is 12.7 Å². The highest BCUT2D eigenvalue weighted by Crippen LogP contribution is 2.40. The Hall–Kier alpha value is -3.55. The van der Waals surface area contributed by atoms with Crippen molar-refractivity contribution in [1.29, 1.82) is 0 Å². The van der Waals surface area contributed by atoms with Crippen LogP contribution in [0.25, 0.3) is 11.3 Å². The van der Waals surface area contributed by atoms with Gasteiger partial charge in [-0.25, -0.2) is 9.37 Å². The SMILES string of the molecule is Cc1cc(-c2nc3c(cc2F)N2CCC(C2)N3C)ccn1.O=CNc1cccnc1. The second kappa shape index (κ2) is 8.44. The molecule has 0 spiro atoms. The molecular weight excluding hydrogens is 383 g/mol. The zero-order chi connectivity index (χ0) is 21.1. The van der Waals surface area contributed by atoms with Crippen molar-refractivity contribution in [2.75, 3.05) is 35.3 Å². The maximum atomic E-state index is 14.5. The van der Waals surface area contributed by atoms with Crippen molar-refractivity contribution in [2.45, 2.75) is 19.4 Å². The van der Waals surface area contributed by atoms with Crippen molar-refractivity contribution in [1.82, 2.24) is 15.0 Å². The lowest BCUT2D eigenvalue weighted by atomic mass is 10.1. The molecule has 2 aliphatic heterocycles. The van der Waals surface area contributed by atoms with Gasteiger partial charge in [0, 0.05) is 55.9 Å². The van der Waals surface area contributed by atoms with Crippen LogP contribution in [0.2, 0.25) is 0 Å². The zero-order valence-electron chi connectivity index (χ0n) is 16.9. The largest absolute Gasteiger partial charge is 0.366 e. The first-order chi connectivity index (χ1) is 14.6. The quantitative estimate of drug-likeness (QED) is 0.673. The van der Waals surface area contributed by atoms with E-state index in [0.29, 0.717) is 23.8 Å². The standard InChI is InChI=1S/C16H17FN4.C6H6N2O/c1-10-7-11(3-5-18-10)15-13(17)8-14-16(19-15)20(2)12-4-6-21(14)9-12;9-5-8-6-2-1-3-7-4-6/h3,5,7-8,12H,4,6,9H2,1-2H3;1-5H,(H,8,9). The molecule has 0 aliphatic carbocycles. The normalized spacial score (nSPS) is 16.4. The molecule has 1 atom stereocenters. The molecule has 1 N–H and O–H groups in total. The van der Waals surface area contributed by atoms with Gasteiger partial charge in [-0.15, -0.1) is 0 Å². The second-order valence-corrected chi connectivity index (χ2v) is 7.35. The number of anilines is 3. The Morgan fingerprint density at radius 1 is 1.27 bits per heavy atom. The Labute approximate surface area is 174 Å². The lowest BCUT2D eigenvalue weighted by Crippen LogP contribution is -2.40. The number of nitrogens with one attached hydrogen (secondary N) is 1. The zero-order valence-corrected chi connectivity index (χ0v) is 16.9. The monoisotopic (exact) mass is 406 g/mol. The lowest BCUT2D eigenvalue weighted by molar-refractivity contribution is -0.105. The van der Waals surface area contributed by atoms with Gasteiger partial charge >= 0.3 is 0 Å². The van der Waals surface area contributed by atoms with Crippen LogP contribution >= 0.6 is 0 Å². The van der Waals surface area contributed by atoms with Crippen molar-refractivity contribution in [3.05, 3.63) is 60.4 Å². The number of fused-ring (bicyclic) bond motifs is 4. The van der Waals surface area contributed by atoms with E-state index < -0.39 is 0 Å². The molecule has 1 amide bonds. The summed E-state index contributed by atoms with van der Waals surface area (Å²) in [5, 5.41) is 2.46. The summed E-state index contributed by atoms with van der Waals surface area (Å²) in [4.78, 5) is 26.8. The van der Waals surface area contributed by atoms with Gasteiger partial charge in [0.05, 0.1) is 17.6 Å². The van der Waals surface area contributed by atoms with Crippen molar-refractivity contribution in [3.63, 3.8) is 0 Å². The smallest absolute Gasteiger partial charge is 0.211 e. The van der Waals surface area contributed by atoms with E-state index in [1.807, 2.05) is 19.1 Å². The van der Waals surface area contributed by atoms with Crippen molar-refractivity contribution >= 4 is 23.6 Å². The molecule has 1 unspecified atom stereocenters. The molecule has 30 heavy (non-hydrogen) atoms. The van der Waals surface area contributed by atoms with E-state index in [1.54, 1.807) is 36.8 Å². The molecule has 0 saturated carbocycles. The number of halogens is 1. The molecule has 2 bridgehead atoms. The summed E-state index contributed by atoms with van der Waals surface area (Å²) in [7, 11) is 2.05. The molecule has 8 heteroatoms. The third-order valence-corrected chi connectivity index (χ3v) is 5.38. The van der Waals surface area contributed by atoms with Gasteiger partial charge in [0.2, 0.25) is 6.41 Å². The molecule has 154 valence electrons. The van der Waals surface area contributed by atoms with Crippen LogP contribution in [0.1, 0.15) is 12.1 Å². The van der Waals surface area contributed by atoms with E-state index in [0.717, 1.165) is 42.3 Å². The van der Waals surface area contributed by atoms with Gasteiger partial charge in [-0.2, -0.15) is 0 Å². The maximum absolute atomic E-state index is 14.5. The van der Waals surface area contributed by atoms with Crippen molar-refractivity contribution in [3.8, 4) is 11.3 Å². The highest BCUT2D eigenvalue weighted by Gasteiger charge is 2.35. The summed E-state index contributed by atoms with van der Waals surface area (Å²) < 4.78 is 14.5. The van der Waals surface area contributed by atoms with Gasteiger partial charge in [-0.3, -0.25) is 14.8 Å². The Balaban J connectivity index is 0.000000204. The molecule has 5 rings (SSSR count). The van der Waals surface area contributed by atoms with Gasteiger partial charge in [0.15, 0.2) is 11.6 Å². The summed E-state index contributed by atoms with van der Waals surface area (Å²) >= 11 is 0. The molecule has 7 nitrogen and oxygen atoms in total. The average molecular weight is 406 g/mol. The average Bonchev–Trinajstić information content (AvgIpc) is 3.20. The molecule has 3 aromatic heterocycles. The van der Waals surface area contributed by atoms with E-state index in [9.17, 15) is 9.18 Å². The Kier molecular flexibility index (Phi) is 5.56. The minimum atomic E-state index is -0.266. The van der Waals surface area contributed by atoms with Gasteiger partial charge in [0.1, 0.15) is 5.69 Å². The topological polar surface area (TPSA) is 74.2 Å². The van der Waals surface area contributed by atoms with Crippen LogP contribution in [0.4, 0.5) is 21.6 Å². The number of carbonyl (C=O) groups is 1. The summed E-state index contributed by atoms with van der Waals surface area (Å²) in [5.41, 5.74) is 3.69. The minimum Gasteiger partial charge on any atom is -0.366 e. The number of pyridine rings is 3. The van der Waals surface area contributed by atoms with E-state index in [1.165, 1.54) is 0 Å². The summed E-state index contributed by atoms with van der Waals surface area (Å²) in [6.45, 7) is 3.85. The van der Waals surface area contributed by atoms with Gasteiger partial charge in [-0.1, -0.05) is 0 Å².